The molecule has 4 nitrogen and oxygen atoms in total. The Labute approximate surface area is 152 Å². The number of fused-ring (bicyclic) bond motifs is 1. The fraction of sp³-hybridized carbons (Fsp3) is 0.318. The van der Waals surface area contributed by atoms with E-state index in [-0.39, 0.29) is 5.97 Å². The molecule has 134 valence electrons. The van der Waals surface area contributed by atoms with Crippen LogP contribution in [0.25, 0.3) is 22.1 Å². The number of methoxy groups -OCH3 is 1. The second-order valence-corrected chi connectivity index (χ2v) is 6.86. The lowest BCUT2D eigenvalue weighted by Gasteiger charge is -2.35. The van der Waals surface area contributed by atoms with Crippen molar-refractivity contribution in [2.24, 2.45) is 5.41 Å². The van der Waals surface area contributed by atoms with Gasteiger partial charge in [0, 0.05) is 24.2 Å². The van der Waals surface area contributed by atoms with E-state index in [2.05, 4.69) is 18.2 Å². The molecule has 1 fully saturated rings. The highest BCUT2D eigenvalue weighted by atomic mass is 16.5. The first-order chi connectivity index (χ1) is 12.7. The molecule has 0 amide bonds. The summed E-state index contributed by atoms with van der Waals surface area (Å²) in [6.07, 6.45) is 3.80. The number of ether oxygens (including phenoxy) is 2. The summed E-state index contributed by atoms with van der Waals surface area (Å²) in [5.41, 5.74) is 3.63. The van der Waals surface area contributed by atoms with Crippen LogP contribution in [0.5, 0.6) is 0 Å². The fourth-order valence-electron chi connectivity index (χ4n) is 3.92. The van der Waals surface area contributed by atoms with Gasteiger partial charge in [0.05, 0.1) is 18.8 Å². The lowest BCUT2D eigenvalue weighted by molar-refractivity contribution is -0.158. The molecule has 4 rings (SSSR count). The van der Waals surface area contributed by atoms with Crippen molar-refractivity contribution in [3.8, 4) is 11.1 Å². The van der Waals surface area contributed by atoms with Crippen molar-refractivity contribution >= 4 is 16.9 Å². The lowest BCUT2D eigenvalue weighted by Crippen LogP contribution is -2.40. The van der Waals surface area contributed by atoms with Crippen LogP contribution in [0.4, 0.5) is 0 Å². The summed E-state index contributed by atoms with van der Waals surface area (Å²) in [5, 5.41) is 1.08. The van der Waals surface area contributed by atoms with E-state index < -0.39 is 5.41 Å². The summed E-state index contributed by atoms with van der Waals surface area (Å²) in [4.78, 5) is 12.6. The Kier molecular flexibility index (Phi) is 4.51. The lowest BCUT2D eigenvalue weighted by atomic mass is 9.74. The Balaban J connectivity index is 1.77. The SMILES string of the molecule is COC(=O)C1(Cc2ccccc2-c2coc3ccccc23)CCOCC1. The van der Waals surface area contributed by atoms with Gasteiger partial charge in [0.1, 0.15) is 5.58 Å². The number of furan rings is 1. The van der Waals surface area contributed by atoms with E-state index in [0.717, 1.165) is 27.7 Å². The number of hydrogen-bond acceptors (Lipinski definition) is 4. The molecule has 2 aromatic carbocycles. The summed E-state index contributed by atoms with van der Waals surface area (Å²) in [7, 11) is 1.47. The third-order valence-corrected chi connectivity index (χ3v) is 5.39. The number of esters is 1. The molecule has 1 aromatic heterocycles. The van der Waals surface area contributed by atoms with Crippen LogP contribution in [0.1, 0.15) is 18.4 Å². The molecular formula is C22H22O4. The minimum absolute atomic E-state index is 0.146. The molecule has 0 spiro atoms. The zero-order chi connectivity index (χ0) is 18.0. The fourth-order valence-corrected chi connectivity index (χ4v) is 3.92. The maximum absolute atomic E-state index is 12.6. The van der Waals surface area contributed by atoms with Crippen molar-refractivity contribution in [2.45, 2.75) is 19.3 Å². The summed E-state index contributed by atoms with van der Waals surface area (Å²) < 4.78 is 16.4. The summed E-state index contributed by atoms with van der Waals surface area (Å²) in [6.45, 7) is 1.18. The Bertz CT molecular complexity index is 919. The molecule has 2 heterocycles. The smallest absolute Gasteiger partial charge is 0.312 e. The van der Waals surface area contributed by atoms with E-state index in [9.17, 15) is 4.79 Å². The molecule has 26 heavy (non-hydrogen) atoms. The highest BCUT2D eigenvalue weighted by molar-refractivity contribution is 5.94. The minimum Gasteiger partial charge on any atom is -0.469 e. The molecule has 0 bridgehead atoms. The van der Waals surface area contributed by atoms with E-state index >= 15 is 0 Å². The van der Waals surface area contributed by atoms with Gasteiger partial charge in [-0.25, -0.2) is 0 Å². The zero-order valence-electron chi connectivity index (χ0n) is 14.9. The first-order valence-corrected chi connectivity index (χ1v) is 8.94. The summed E-state index contributed by atoms with van der Waals surface area (Å²) >= 11 is 0. The maximum atomic E-state index is 12.6. The molecule has 0 atom stereocenters. The molecule has 3 aromatic rings. The number of hydrogen-bond donors (Lipinski definition) is 0. The van der Waals surface area contributed by atoms with Gasteiger partial charge in [0.25, 0.3) is 0 Å². The topological polar surface area (TPSA) is 48.7 Å². The highest BCUT2D eigenvalue weighted by Crippen LogP contribution is 2.40. The van der Waals surface area contributed by atoms with Crippen LogP contribution in [-0.4, -0.2) is 26.3 Å². The maximum Gasteiger partial charge on any atom is 0.312 e. The Morgan fingerprint density at radius 3 is 2.58 bits per heavy atom. The van der Waals surface area contributed by atoms with Gasteiger partial charge in [-0.15, -0.1) is 0 Å². The van der Waals surface area contributed by atoms with Crippen LogP contribution in [0.3, 0.4) is 0 Å². The molecular weight excluding hydrogens is 328 g/mol. The average molecular weight is 350 g/mol. The van der Waals surface area contributed by atoms with Crippen LogP contribution < -0.4 is 0 Å². The van der Waals surface area contributed by atoms with Crippen molar-refractivity contribution in [1.82, 2.24) is 0 Å². The van der Waals surface area contributed by atoms with E-state index in [1.807, 2.05) is 30.3 Å². The summed E-state index contributed by atoms with van der Waals surface area (Å²) in [6, 6.07) is 16.2. The van der Waals surface area contributed by atoms with Crippen molar-refractivity contribution in [1.29, 1.82) is 0 Å². The third kappa shape index (κ3) is 2.90. The molecule has 0 saturated carbocycles. The van der Waals surface area contributed by atoms with Gasteiger partial charge in [-0.1, -0.05) is 42.5 Å². The predicted octanol–water partition coefficient (Wildman–Crippen LogP) is 4.61. The second-order valence-electron chi connectivity index (χ2n) is 6.86. The van der Waals surface area contributed by atoms with Gasteiger partial charge in [-0.05, 0) is 36.5 Å². The molecule has 1 saturated heterocycles. The van der Waals surface area contributed by atoms with Gasteiger partial charge in [-0.3, -0.25) is 4.79 Å². The molecule has 1 aliphatic heterocycles. The molecule has 0 unspecified atom stereocenters. The van der Waals surface area contributed by atoms with Crippen LogP contribution >= 0.6 is 0 Å². The normalized spacial score (nSPS) is 16.5. The Morgan fingerprint density at radius 1 is 1.04 bits per heavy atom. The molecule has 0 N–H and O–H groups in total. The van der Waals surface area contributed by atoms with E-state index in [0.29, 0.717) is 32.5 Å². The molecule has 0 aliphatic carbocycles. The quantitative estimate of drug-likeness (QED) is 0.645. The van der Waals surface area contributed by atoms with Crippen molar-refractivity contribution in [2.75, 3.05) is 20.3 Å². The van der Waals surface area contributed by atoms with Crippen LogP contribution in [-0.2, 0) is 20.7 Å². The third-order valence-electron chi connectivity index (χ3n) is 5.39. The molecule has 0 radical (unpaired) electrons. The number of benzene rings is 2. The average Bonchev–Trinajstić information content (AvgIpc) is 3.12. The largest absolute Gasteiger partial charge is 0.469 e. The van der Waals surface area contributed by atoms with Crippen LogP contribution in [0, 0.1) is 5.41 Å². The monoisotopic (exact) mass is 350 g/mol. The second kappa shape index (κ2) is 6.96. The Morgan fingerprint density at radius 2 is 1.77 bits per heavy atom. The number of carbonyl (C=O) groups excluding carboxylic acids is 1. The van der Waals surface area contributed by atoms with E-state index in [1.54, 1.807) is 6.26 Å². The standard InChI is InChI=1S/C22H22O4/c1-24-21(23)22(10-12-25-13-11-22)14-16-6-2-3-7-17(16)19-15-26-20-9-5-4-8-18(19)20/h2-9,15H,10-14H2,1H3. The first kappa shape index (κ1) is 16.9. The van der Waals surface area contributed by atoms with Crippen LogP contribution in [0.2, 0.25) is 0 Å². The number of carbonyl (C=O) groups is 1. The predicted molar refractivity (Wildman–Crippen MR) is 99.9 cm³/mol. The number of rotatable bonds is 4. The zero-order valence-corrected chi connectivity index (χ0v) is 14.9. The van der Waals surface area contributed by atoms with E-state index in [4.69, 9.17) is 13.9 Å². The highest BCUT2D eigenvalue weighted by Gasteiger charge is 2.41. The van der Waals surface area contributed by atoms with Crippen LogP contribution in [0.15, 0.2) is 59.2 Å². The van der Waals surface area contributed by atoms with Crippen molar-refractivity contribution in [3.63, 3.8) is 0 Å². The van der Waals surface area contributed by atoms with Gasteiger partial charge in [-0.2, -0.15) is 0 Å². The minimum atomic E-state index is -0.525. The van der Waals surface area contributed by atoms with Crippen molar-refractivity contribution in [3.05, 3.63) is 60.4 Å². The number of para-hydroxylation sites is 1. The molecule has 4 heteroatoms. The van der Waals surface area contributed by atoms with Gasteiger partial charge in [0.2, 0.25) is 0 Å². The van der Waals surface area contributed by atoms with Gasteiger partial charge >= 0.3 is 5.97 Å². The van der Waals surface area contributed by atoms with Gasteiger partial charge in [0.15, 0.2) is 0 Å². The van der Waals surface area contributed by atoms with E-state index in [1.165, 1.54) is 7.11 Å². The van der Waals surface area contributed by atoms with Crippen molar-refractivity contribution < 1.29 is 18.7 Å². The Hall–Kier alpha value is -2.59. The molecule has 1 aliphatic rings. The first-order valence-electron chi connectivity index (χ1n) is 8.94. The summed E-state index contributed by atoms with van der Waals surface area (Å²) in [5.74, 6) is -0.146. The van der Waals surface area contributed by atoms with Gasteiger partial charge < -0.3 is 13.9 Å².